The summed E-state index contributed by atoms with van der Waals surface area (Å²) in [6.45, 7) is 0.320. The average molecular weight is 427 g/mol. The summed E-state index contributed by atoms with van der Waals surface area (Å²) in [4.78, 5) is 32.4. The van der Waals surface area contributed by atoms with Gasteiger partial charge in [-0.15, -0.1) is 0 Å². The number of aromatic nitrogens is 3. The number of hydrogen-bond donors (Lipinski definition) is 2. The minimum absolute atomic E-state index is 0.126. The number of carbonyl (C=O) groups excluding carboxylic acids is 1. The summed E-state index contributed by atoms with van der Waals surface area (Å²) < 4.78 is 6.70. The molecule has 0 unspecified atom stereocenters. The average Bonchev–Trinajstić information content (AvgIpc) is 3.06. The SMILES string of the molecule is COc1ccc(NC(=O)N2CCc3c([nH]n(-c4ccccc4)c3=O)-c3cccnc32)cc1. The molecule has 0 radical (unpaired) electrons. The number of nitrogens with zero attached hydrogens (tertiary/aromatic N) is 3. The van der Waals surface area contributed by atoms with Crippen LogP contribution < -0.4 is 20.5 Å². The molecule has 8 nitrogen and oxygen atoms in total. The second-order valence-corrected chi connectivity index (χ2v) is 7.38. The maximum Gasteiger partial charge on any atom is 0.327 e. The molecule has 8 heteroatoms. The van der Waals surface area contributed by atoms with Gasteiger partial charge in [-0.1, -0.05) is 18.2 Å². The number of ether oxygens (including phenoxy) is 1. The third-order valence-corrected chi connectivity index (χ3v) is 5.48. The van der Waals surface area contributed by atoms with Crippen molar-refractivity contribution in [1.82, 2.24) is 14.8 Å². The molecule has 0 saturated carbocycles. The van der Waals surface area contributed by atoms with Crippen molar-refractivity contribution < 1.29 is 9.53 Å². The highest BCUT2D eigenvalue weighted by Crippen LogP contribution is 2.33. The lowest BCUT2D eigenvalue weighted by Crippen LogP contribution is -2.37. The summed E-state index contributed by atoms with van der Waals surface area (Å²) >= 11 is 0. The van der Waals surface area contributed by atoms with E-state index in [0.29, 0.717) is 47.0 Å². The van der Waals surface area contributed by atoms with Crippen molar-refractivity contribution in [3.63, 3.8) is 0 Å². The zero-order valence-corrected chi connectivity index (χ0v) is 17.4. The zero-order chi connectivity index (χ0) is 22.1. The minimum atomic E-state index is -0.316. The first kappa shape index (κ1) is 19.6. The first-order chi connectivity index (χ1) is 15.7. The van der Waals surface area contributed by atoms with E-state index >= 15 is 0 Å². The van der Waals surface area contributed by atoms with Gasteiger partial charge in [-0.05, 0) is 55.0 Å². The Balaban J connectivity index is 1.51. The number of H-pyrrole nitrogens is 1. The number of anilines is 2. The van der Waals surface area contributed by atoms with Gasteiger partial charge < -0.3 is 10.1 Å². The molecule has 5 rings (SSSR count). The number of nitrogens with one attached hydrogen (secondary N) is 2. The second kappa shape index (κ2) is 8.07. The third kappa shape index (κ3) is 3.41. The van der Waals surface area contributed by atoms with Crippen LogP contribution in [-0.2, 0) is 6.42 Å². The molecule has 32 heavy (non-hydrogen) atoms. The van der Waals surface area contributed by atoms with Crippen LogP contribution >= 0.6 is 0 Å². The molecule has 0 fully saturated rings. The molecule has 3 heterocycles. The van der Waals surface area contributed by atoms with Gasteiger partial charge in [0.25, 0.3) is 5.56 Å². The van der Waals surface area contributed by atoms with Crippen LogP contribution in [0.4, 0.5) is 16.3 Å². The van der Waals surface area contributed by atoms with E-state index in [1.807, 2.05) is 36.4 Å². The van der Waals surface area contributed by atoms with Gasteiger partial charge in [-0.2, -0.15) is 0 Å². The maximum atomic E-state index is 13.2. The summed E-state index contributed by atoms with van der Waals surface area (Å²) in [6, 6.07) is 19.9. The fraction of sp³-hybridized carbons (Fsp3) is 0.125. The van der Waals surface area contributed by atoms with E-state index in [9.17, 15) is 9.59 Å². The summed E-state index contributed by atoms with van der Waals surface area (Å²) in [5.41, 5.74) is 3.28. The lowest BCUT2D eigenvalue weighted by atomic mass is 10.1. The molecule has 2 aromatic carbocycles. The van der Waals surface area contributed by atoms with Crippen molar-refractivity contribution in [1.29, 1.82) is 0 Å². The molecule has 1 aliphatic rings. The van der Waals surface area contributed by atoms with Gasteiger partial charge in [0.15, 0.2) is 0 Å². The zero-order valence-electron chi connectivity index (χ0n) is 17.4. The van der Waals surface area contributed by atoms with Gasteiger partial charge in [0.2, 0.25) is 0 Å². The van der Waals surface area contributed by atoms with Crippen LogP contribution in [0, 0.1) is 0 Å². The topological polar surface area (TPSA) is 92.2 Å². The number of carbonyl (C=O) groups is 1. The highest BCUT2D eigenvalue weighted by atomic mass is 16.5. The fourth-order valence-corrected chi connectivity index (χ4v) is 3.89. The van der Waals surface area contributed by atoms with E-state index in [-0.39, 0.29) is 11.6 Å². The number of aromatic amines is 1. The number of hydrogen-bond acceptors (Lipinski definition) is 4. The summed E-state index contributed by atoms with van der Waals surface area (Å²) in [7, 11) is 1.59. The molecule has 2 N–H and O–H groups in total. The van der Waals surface area contributed by atoms with E-state index in [1.165, 1.54) is 4.68 Å². The van der Waals surface area contributed by atoms with Crippen LogP contribution in [0.1, 0.15) is 5.56 Å². The maximum absolute atomic E-state index is 13.2. The monoisotopic (exact) mass is 427 g/mol. The summed E-state index contributed by atoms with van der Waals surface area (Å²) in [6.07, 6.45) is 2.04. The van der Waals surface area contributed by atoms with E-state index in [1.54, 1.807) is 48.5 Å². The standard InChI is InChI=1S/C24H21N5O3/c1-32-18-11-9-16(10-12-18)26-24(31)28-15-13-20-21(19-8-5-14-25-22(19)28)27-29(23(20)30)17-6-3-2-4-7-17/h2-12,14,27H,13,15H2,1H3,(H,26,31). The molecule has 2 aromatic heterocycles. The number of benzene rings is 2. The molecule has 2 amide bonds. The lowest BCUT2D eigenvalue weighted by Gasteiger charge is -2.22. The van der Waals surface area contributed by atoms with Crippen molar-refractivity contribution in [3.8, 4) is 22.7 Å². The van der Waals surface area contributed by atoms with Gasteiger partial charge in [0.1, 0.15) is 11.6 Å². The van der Waals surface area contributed by atoms with Crippen LogP contribution in [-0.4, -0.2) is 34.5 Å². The molecular weight excluding hydrogens is 406 g/mol. The number of para-hydroxylation sites is 1. The molecule has 0 saturated heterocycles. The summed E-state index contributed by atoms with van der Waals surface area (Å²) in [5.74, 6) is 1.21. The second-order valence-electron chi connectivity index (χ2n) is 7.38. The first-order valence-corrected chi connectivity index (χ1v) is 10.2. The molecule has 0 bridgehead atoms. The van der Waals surface area contributed by atoms with E-state index in [4.69, 9.17) is 4.74 Å². The Kier molecular flexibility index (Phi) is 4.95. The van der Waals surface area contributed by atoms with Crippen LogP contribution in [0.15, 0.2) is 77.7 Å². The van der Waals surface area contributed by atoms with Gasteiger partial charge in [-0.25, -0.2) is 14.5 Å². The number of pyridine rings is 1. The number of rotatable bonds is 3. The smallest absolute Gasteiger partial charge is 0.327 e. The molecule has 0 atom stereocenters. The predicted molar refractivity (Wildman–Crippen MR) is 123 cm³/mol. The van der Waals surface area contributed by atoms with Crippen molar-refractivity contribution in [3.05, 3.63) is 88.8 Å². The van der Waals surface area contributed by atoms with Crippen LogP contribution in [0.25, 0.3) is 16.9 Å². The Morgan fingerprint density at radius 3 is 2.59 bits per heavy atom. The van der Waals surface area contributed by atoms with E-state index in [2.05, 4.69) is 15.4 Å². The van der Waals surface area contributed by atoms with Gasteiger partial charge in [0, 0.05) is 29.6 Å². The van der Waals surface area contributed by atoms with Crippen molar-refractivity contribution >= 4 is 17.5 Å². The normalized spacial score (nSPS) is 12.5. The Morgan fingerprint density at radius 2 is 1.84 bits per heavy atom. The molecule has 1 aliphatic heterocycles. The molecular formula is C24H21N5O3. The lowest BCUT2D eigenvalue weighted by molar-refractivity contribution is 0.257. The van der Waals surface area contributed by atoms with Crippen LogP contribution in [0.3, 0.4) is 0 Å². The van der Waals surface area contributed by atoms with Crippen molar-refractivity contribution in [2.45, 2.75) is 6.42 Å². The van der Waals surface area contributed by atoms with Crippen molar-refractivity contribution in [2.24, 2.45) is 0 Å². The largest absolute Gasteiger partial charge is 0.497 e. The summed E-state index contributed by atoms with van der Waals surface area (Å²) in [5, 5.41) is 6.13. The van der Waals surface area contributed by atoms with Crippen LogP contribution in [0.5, 0.6) is 5.75 Å². The fourth-order valence-electron chi connectivity index (χ4n) is 3.89. The first-order valence-electron chi connectivity index (χ1n) is 10.2. The highest BCUT2D eigenvalue weighted by molar-refractivity contribution is 6.03. The third-order valence-electron chi connectivity index (χ3n) is 5.48. The van der Waals surface area contributed by atoms with Gasteiger partial charge >= 0.3 is 6.03 Å². The number of amides is 2. The number of methoxy groups -OCH3 is 1. The molecule has 4 aromatic rings. The van der Waals surface area contributed by atoms with E-state index < -0.39 is 0 Å². The van der Waals surface area contributed by atoms with Gasteiger partial charge in [-0.3, -0.25) is 14.8 Å². The van der Waals surface area contributed by atoms with Gasteiger partial charge in [0.05, 0.1) is 18.5 Å². The Labute approximate surface area is 184 Å². The predicted octanol–water partition coefficient (Wildman–Crippen LogP) is 3.83. The number of urea groups is 1. The molecule has 0 aliphatic carbocycles. The Morgan fingerprint density at radius 1 is 1.06 bits per heavy atom. The van der Waals surface area contributed by atoms with Crippen molar-refractivity contribution in [2.75, 3.05) is 23.9 Å². The van der Waals surface area contributed by atoms with Crippen LogP contribution in [0.2, 0.25) is 0 Å². The molecule has 160 valence electrons. The quantitative estimate of drug-likeness (QED) is 0.520. The number of fused-ring (bicyclic) bond motifs is 3. The minimum Gasteiger partial charge on any atom is -0.497 e. The molecule has 0 spiro atoms. The Hall–Kier alpha value is -4.33. The van der Waals surface area contributed by atoms with E-state index in [0.717, 1.165) is 5.69 Å². The Bertz CT molecular complexity index is 1330. The highest BCUT2D eigenvalue weighted by Gasteiger charge is 2.29.